The van der Waals surface area contributed by atoms with E-state index in [4.69, 9.17) is 0 Å². The van der Waals surface area contributed by atoms with Crippen molar-refractivity contribution in [2.24, 2.45) is 0 Å². The van der Waals surface area contributed by atoms with Gasteiger partial charge in [0.15, 0.2) is 0 Å². The summed E-state index contributed by atoms with van der Waals surface area (Å²) in [5.74, 6) is -0.187. The third-order valence-electron chi connectivity index (χ3n) is 4.84. The number of nitrogens with zero attached hydrogens (tertiary/aromatic N) is 2. The average molecular weight is 379 g/mol. The van der Waals surface area contributed by atoms with Crippen molar-refractivity contribution in [1.29, 1.82) is 0 Å². The molecule has 0 bridgehead atoms. The van der Waals surface area contributed by atoms with E-state index in [0.29, 0.717) is 13.1 Å². The molecule has 1 saturated heterocycles. The van der Waals surface area contributed by atoms with E-state index in [1.54, 1.807) is 22.3 Å². The lowest BCUT2D eigenvalue weighted by molar-refractivity contribution is 0.0626. The van der Waals surface area contributed by atoms with Gasteiger partial charge >= 0.3 is 0 Å². The number of benzene rings is 1. The Morgan fingerprint density at radius 3 is 2.41 bits per heavy atom. The molecule has 5 nitrogen and oxygen atoms in total. The molecule has 3 aromatic rings. The zero-order valence-corrected chi connectivity index (χ0v) is 15.7. The van der Waals surface area contributed by atoms with Crippen molar-refractivity contribution < 1.29 is 4.79 Å². The Bertz CT molecular complexity index is 959. The fourth-order valence-electron chi connectivity index (χ4n) is 3.34. The van der Waals surface area contributed by atoms with Gasteiger partial charge < -0.3 is 9.88 Å². The third-order valence-corrected chi connectivity index (χ3v) is 5.74. The van der Waals surface area contributed by atoms with Gasteiger partial charge in [0.1, 0.15) is 5.56 Å². The van der Waals surface area contributed by atoms with Gasteiger partial charge in [0.2, 0.25) is 0 Å². The fraction of sp³-hybridized carbons (Fsp3) is 0.238. The van der Waals surface area contributed by atoms with Crippen molar-refractivity contribution in [2.45, 2.75) is 6.54 Å². The van der Waals surface area contributed by atoms with E-state index < -0.39 is 0 Å². The number of aromatic amines is 1. The largest absolute Gasteiger partial charge is 0.336 e. The monoisotopic (exact) mass is 379 g/mol. The Labute approximate surface area is 161 Å². The summed E-state index contributed by atoms with van der Waals surface area (Å²) in [7, 11) is 0. The van der Waals surface area contributed by atoms with Crippen LogP contribution in [-0.4, -0.2) is 46.9 Å². The lowest BCUT2D eigenvalue weighted by Gasteiger charge is -2.34. The van der Waals surface area contributed by atoms with Gasteiger partial charge in [-0.1, -0.05) is 36.4 Å². The van der Waals surface area contributed by atoms with E-state index in [9.17, 15) is 9.59 Å². The van der Waals surface area contributed by atoms with Gasteiger partial charge in [0, 0.05) is 32.7 Å². The summed E-state index contributed by atoms with van der Waals surface area (Å²) in [6.07, 6.45) is 0. The molecule has 1 fully saturated rings. The molecule has 1 aliphatic rings. The van der Waals surface area contributed by atoms with Crippen LogP contribution in [-0.2, 0) is 6.54 Å². The molecular formula is C21H21N3O2S. The molecule has 1 N–H and O–H groups in total. The maximum Gasteiger partial charge on any atom is 0.261 e. The van der Waals surface area contributed by atoms with Gasteiger partial charge in [0.25, 0.3) is 11.5 Å². The number of aromatic nitrogens is 1. The number of H-pyrrole nitrogens is 1. The lowest BCUT2D eigenvalue weighted by Crippen LogP contribution is -2.49. The van der Waals surface area contributed by atoms with Gasteiger partial charge in [-0.3, -0.25) is 14.5 Å². The maximum atomic E-state index is 12.8. The molecule has 3 heterocycles. The summed E-state index contributed by atoms with van der Waals surface area (Å²) in [6, 6.07) is 17.7. The van der Waals surface area contributed by atoms with E-state index in [1.165, 1.54) is 5.56 Å². The summed E-state index contributed by atoms with van der Waals surface area (Å²) in [5.41, 5.74) is 1.92. The molecular weight excluding hydrogens is 358 g/mol. The average Bonchev–Trinajstić information content (AvgIpc) is 3.24. The minimum Gasteiger partial charge on any atom is -0.336 e. The second-order valence-electron chi connectivity index (χ2n) is 6.65. The predicted octanol–water partition coefficient (Wildman–Crippen LogP) is 3.06. The molecule has 1 aromatic carbocycles. The van der Waals surface area contributed by atoms with Crippen molar-refractivity contribution >= 4 is 17.2 Å². The Kier molecular flexibility index (Phi) is 5.18. The van der Waals surface area contributed by atoms with E-state index in [1.807, 2.05) is 41.8 Å². The number of carbonyl (C=O) groups excluding carboxylic acids is 1. The smallest absolute Gasteiger partial charge is 0.261 e. The van der Waals surface area contributed by atoms with Crippen LogP contribution in [0.3, 0.4) is 0 Å². The standard InChI is InChI=1S/C21H21N3O2S/c25-20-17(8-9-18(22-20)19-7-4-14-27-19)21(26)24-12-10-23(11-13-24)15-16-5-2-1-3-6-16/h1-9,14H,10-13,15H2,(H,22,25). The summed E-state index contributed by atoms with van der Waals surface area (Å²) in [4.78, 5) is 33.1. The topological polar surface area (TPSA) is 56.4 Å². The van der Waals surface area contributed by atoms with Crippen molar-refractivity contribution in [3.05, 3.63) is 81.5 Å². The Balaban J connectivity index is 1.40. The van der Waals surface area contributed by atoms with Crippen LogP contribution >= 0.6 is 11.3 Å². The van der Waals surface area contributed by atoms with E-state index >= 15 is 0 Å². The molecule has 1 amide bonds. The van der Waals surface area contributed by atoms with E-state index in [0.717, 1.165) is 30.2 Å². The van der Waals surface area contributed by atoms with Gasteiger partial charge in [-0.05, 0) is 29.1 Å². The van der Waals surface area contributed by atoms with E-state index in [-0.39, 0.29) is 17.0 Å². The minimum atomic E-state index is -0.322. The lowest BCUT2D eigenvalue weighted by atomic mass is 10.1. The first-order chi connectivity index (χ1) is 13.2. The first-order valence-electron chi connectivity index (χ1n) is 9.03. The highest BCUT2D eigenvalue weighted by Crippen LogP contribution is 2.21. The maximum absolute atomic E-state index is 12.8. The highest BCUT2D eigenvalue weighted by atomic mass is 32.1. The summed E-state index contributed by atoms with van der Waals surface area (Å²) in [5, 5.41) is 1.96. The number of hydrogen-bond donors (Lipinski definition) is 1. The van der Waals surface area contributed by atoms with Crippen LogP contribution in [0.1, 0.15) is 15.9 Å². The van der Waals surface area contributed by atoms with E-state index in [2.05, 4.69) is 22.0 Å². The van der Waals surface area contributed by atoms with Crippen LogP contribution in [0.15, 0.2) is 64.8 Å². The normalized spacial score (nSPS) is 15.0. The molecule has 138 valence electrons. The van der Waals surface area contributed by atoms with Crippen LogP contribution in [0, 0.1) is 0 Å². The Hall–Kier alpha value is -2.70. The van der Waals surface area contributed by atoms with Gasteiger partial charge in [-0.2, -0.15) is 0 Å². The molecule has 0 aliphatic carbocycles. The van der Waals surface area contributed by atoms with Crippen LogP contribution in [0.25, 0.3) is 10.6 Å². The Morgan fingerprint density at radius 2 is 1.74 bits per heavy atom. The first kappa shape index (κ1) is 17.7. The number of nitrogens with one attached hydrogen (secondary N) is 1. The molecule has 0 unspecified atom stereocenters. The second-order valence-corrected chi connectivity index (χ2v) is 7.59. The zero-order chi connectivity index (χ0) is 18.6. The number of piperazine rings is 1. The zero-order valence-electron chi connectivity index (χ0n) is 14.9. The van der Waals surface area contributed by atoms with Gasteiger partial charge in [0.05, 0.1) is 10.6 Å². The summed E-state index contributed by atoms with van der Waals surface area (Å²) in [6.45, 7) is 3.78. The van der Waals surface area contributed by atoms with Crippen molar-refractivity contribution in [1.82, 2.24) is 14.8 Å². The molecule has 2 aromatic heterocycles. The van der Waals surface area contributed by atoms with Crippen LogP contribution in [0.2, 0.25) is 0 Å². The van der Waals surface area contributed by atoms with Crippen molar-refractivity contribution in [2.75, 3.05) is 26.2 Å². The number of rotatable bonds is 4. The van der Waals surface area contributed by atoms with Crippen molar-refractivity contribution in [3.63, 3.8) is 0 Å². The third kappa shape index (κ3) is 4.02. The van der Waals surface area contributed by atoms with Gasteiger partial charge in [-0.25, -0.2) is 0 Å². The van der Waals surface area contributed by atoms with Gasteiger partial charge in [-0.15, -0.1) is 11.3 Å². The highest BCUT2D eigenvalue weighted by molar-refractivity contribution is 7.13. The first-order valence-corrected chi connectivity index (χ1v) is 9.91. The van der Waals surface area contributed by atoms with Crippen LogP contribution < -0.4 is 5.56 Å². The predicted molar refractivity (Wildman–Crippen MR) is 108 cm³/mol. The number of hydrogen-bond acceptors (Lipinski definition) is 4. The second kappa shape index (κ2) is 7.90. The molecule has 0 radical (unpaired) electrons. The van der Waals surface area contributed by atoms with Crippen LogP contribution in [0.5, 0.6) is 0 Å². The quantitative estimate of drug-likeness (QED) is 0.758. The molecule has 27 heavy (non-hydrogen) atoms. The minimum absolute atomic E-state index is 0.187. The molecule has 6 heteroatoms. The van der Waals surface area contributed by atoms with Crippen molar-refractivity contribution in [3.8, 4) is 10.6 Å². The highest BCUT2D eigenvalue weighted by Gasteiger charge is 2.24. The SMILES string of the molecule is O=C(c1ccc(-c2cccs2)[nH]c1=O)N1CCN(Cc2ccccc2)CC1. The number of pyridine rings is 1. The molecule has 0 saturated carbocycles. The molecule has 0 spiro atoms. The summed E-state index contributed by atoms with van der Waals surface area (Å²) >= 11 is 1.56. The molecule has 4 rings (SSSR count). The fourth-order valence-corrected chi connectivity index (χ4v) is 4.05. The number of amides is 1. The van der Waals surface area contributed by atoms with Crippen LogP contribution in [0.4, 0.5) is 0 Å². The Morgan fingerprint density at radius 1 is 0.963 bits per heavy atom. The molecule has 1 aliphatic heterocycles. The molecule has 0 atom stereocenters. The summed E-state index contributed by atoms with van der Waals surface area (Å²) < 4.78 is 0. The number of thiophene rings is 1. The number of carbonyl (C=O) groups is 1.